The Bertz CT molecular complexity index is 1500. The summed E-state index contributed by atoms with van der Waals surface area (Å²) < 4.78 is 11.5. The number of thiophene rings is 2. The van der Waals surface area contributed by atoms with Crippen molar-refractivity contribution in [2.24, 2.45) is 0 Å². The van der Waals surface area contributed by atoms with Crippen LogP contribution in [0.25, 0.3) is 20.7 Å². The van der Waals surface area contributed by atoms with Gasteiger partial charge in [-0.3, -0.25) is 4.79 Å². The lowest BCUT2D eigenvalue weighted by atomic mass is 10.1. The maximum absolute atomic E-state index is 12.8. The first-order valence-corrected chi connectivity index (χ1v) is 12.9. The van der Waals surface area contributed by atoms with Crippen molar-refractivity contribution < 1.29 is 9.15 Å². The van der Waals surface area contributed by atoms with Crippen molar-refractivity contribution in [2.75, 3.05) is 0 Å². The molecule has 1 N–H and O–H groups in total. The summed E-state index contributed by atoms with van der Waals surface area (Å²) in [5, 5.41) is 11.1. The number of aromatic amines is 1. The number of hydrogen-bond acceptors (Lipinski definition) is 9. The number of hydrogen-bond donors (Lipinski definition) is 1. The smallest absolute Gasteiger partial charge is 0.277 e. The second-order valence-corrected chi connectivity index (χ2v) is 10.6. The zero-order valence-electron chi connectivity index (χ0n) is 18.2. The van der Waals surface area contributed by atoms with Gasteiger partial charge in [0.05, 0.1) is 11.1 Å². The maximum Gasteiger partial charge on any atom is 0.277 e. The lowest BCUT2D eigenvalue weighted by molar-refractivity contribution is 0.250. The first-order valence-electron chi connectivity index (χ1n) is 10.2. The van der Waals surface area contributed by atoms with Gasteiger partial charge in [-0.2, -0.15) is 0 Å². The number of aromatic nitrogens is 4. The third kappa shape index (κ3) is 4.73. The second kappa shape index (κ2) is 9.12. The van der Waals surface area contributed by atoms with E-state index in [4.69, 9.17) is 9.15 Å². The molecule has 5 rings (SSSR count). The highest BCUT2D eigenvalue weighted by atomic mass is 32.2. The summed E-state index contributed by atoms with van der Waals surface area (Å²) in [6.45, 7) is 6.26. The molecular formula is C23H20N4O3S3. The highest BCUT2D eigenvalue weighted by Gasteiger charge is 2.15. The van der Waals surface area contributed by atoms with Crippen molar-refractivity contribution >= 4 is 44.7 Å². The van der Waals surface area contributed by atoms with Gasteiger partial charge in [0, 0.05) is 20.7 Å². The first-order chi connectivity index (χ1) is 16.0. The van der Waals surface area contributed by atoms with Gasteiger partial charge < -0.3 is 14.1 Å². The minimum Gasteiger partial charge on any atom is -0.484 e. The molecule has 168 valence electrons. The molecule has 33 heavy (non-hydrogen) atoms. The quantitative estimate of drug-likeness (QED) is 0.281. The molecule has 0 spiro atoms. The maximum atomic E-state index is 12.8. The largest absolute Gasteiger partial charge is 0.484 e. The summed E-state index contributed by atoms with van der Waals surface area (Å²) in [6.07, 6.45) is 0. The monoisotopic (exact) mass is 496 g/mol. The molecular weight excluding hydrogens is 476 g/mol. The van der Waals surface area contributed by atoms with Crippen LogP contribution in [0.2, 0.25) is 0 Å². The van der Waals surface area contributed by atoms with Gasteiger partial charge in [-0.05, 0) is 50.1 Å². The number of H-pyrrole nitrogens is 1. The summed E-state index contributed by atoms with van der Waals surface area (Å²) in [6, 6.07) is 10.1. The van der Waals surface area contributed by atoms with Crippen molar-refractivity contribution in [2.45, 2.75) is 38.4 Å². The Morgan fingerprint density at radius 1 is 1.15 bits per heavy atom. The van der Waals surface area contributed by atoms with Crippen LogP contribution in [0.5, 0.6) is 5.75 Å². The summed E-state index contributed by atoms with van der Waals surface area (Å²) in [7, 11) is 0. The van der Waals surface area contributed by atoms with Crippen molar-refractivity contribution in [3.63, 3.8) is 0 Å². The van der Waals surface area contributed by atoms with Crippen LogP contribution >= 0.6 is 34.4 Å². The fourth-order valence-corrected chi connectivity index (χ4v) is 5.88. The van der Waals surface area contributed by atoms with E-state index in [-0.39, 0.29) is 12.2 Å². The summed E-state index contributed by atoms with van der Waals surface area (Å²) in [4.78, 5) is 23.3. The molecule has 0 radical (unpaired) electrons. The van der Waals surface area contributed by atoms with Gasteiger partial charge in [-0.15, -0.1) is 32.9 Å². The Morgan fingerprint density at radius 2 is 2.03 bits per heavy atom. The average molecular weight is 497 g/mol. The molecule has 0 saturated heterocycles. The van der Waals surface area contributed by atoms with Crippen LogP contribution < -0.4 is 10.3 Å². The summed E-state index contributed by atoms with van der Waals surface area (Å²) >= 11 is 4.47. The van der Waals surface area contributed by atoms with Crippen LogP contribution in [-0.2, 0) is 12.4 Å². The Hall–Kier alpha value is -2.95. The van der Waals surface area contributed by atoms with Gasteiger partial charge in [-0.1, -0.05) is 23.9 Å². The Kier molecular flexibility index (Phi) is 6.05. The molecule has 0 amide bonds. The third-order valence-corrected chi connectivity index (χ3v) is 7.71. The van der Waals surface area contributed by atoms with Crippen LogP contribution in [0.1, 0.15) is 27.7 Å². The normalized spacial score (nSPS) is 11.4. The number of benzene rings is 1. The van der Waals surface area contributed by atoms with Crippen LogP contribution in [0.4, 0.5) is 0 Å². The molecule has 4 aromatic heterocycles. The lowest BCUT2D eigenvalue weighted by Gasteiger charge is -2.07. The van der Waals surface area contributed by atoms with Crippen LogP contribution in [0.3, 0.4) is 0 Å². The molecule has 10 heteroatoms. The van der Waals surface area contributed by atoms with E-state index in [1.165, 1.54) is 28.0 Å². The van der Waals surface area contributed by atoms with Gasteiger partial charge in [0.1, 0.15) is 16.4 Å². The van der Waals surface area contributed by atoms with Gasteiger partial charge in [0.15, 0.2) is 6.61 Å². The summed E-state index contributed by atoms with van der Waals surface area (Å²) in [5.41, 5.74) is 2.97. The summed E-state index contributed by atoms with van der Waals surface area (Å²) in [5.74, 6) is 2.17. The van der Waals surface area contributed by atoms with E-state index in [2.05, 4.69) is 33.2 Å². The van der Waals surface area contributed by atoms with E-state index in [0.717, 1.165) is 32.1 Å². The highest BCUT2D eigenvalue weighted by molar-refractivity contribution is 7.98. The molecule has 4 heterocycles. The standard InChI is InChI=1S/C23H20N4O3S3/c1-12-4-5-13(2)16(8-12)29-9-19-26-27-23(30-19)32-11-18-24-21(28)20-15(10-31-22(20)25-18)17-7-6-14(3)33-17/h4-8,10H,9,11H2,1-3H3,(H,24,25,28). The van der Waals surface area contributed by atoms with E-state index in [1.54, 1.807) is 11.3 Å². The average Bonchev–Trinajstić information content (AvgIpc) is 3.52. The van der Waals surface area contributed by atoms with E-state index in [9.17, 15) is 4.79 Å². The van der Waals surface area contributed by atoms with Crippen LogP contribution in [0.15, 0.2) is 50.1 Å². The molecule has 0 aliphatic rings. The van der Waals surface area contributed by atoms with Gasteiger partial charge >= 0.3 is 0 Å². The SMILES string of the molecule is Cc1ccc(C)c(OCc2nnc(SCc3nc4scc(-c5ccc(C)s5)c4c(=O)[nH]3)o2)c1. The second-order valence-electron chi connectivity index (χ2n) is 7.56. The van der Waals surface area contributed by atoms with Crippen LogP contribution in [-0.4, -0.2) is 20.2 Å². The zero-order valence-corrected chi connectivity index (χ0v) is 20.6. The Labute approximate surface area is 201 Å². The highest BCUT2D eigenvalue weighted by Crippen LogP contribution is 2.35. The first kappa shape index (κ1) is 21.9. The minimum absolute atomic E-state index is 0.133. The predicted molar refractivity (Wildman–Crippen MR) is 132 cm³/mol. The van der Waals surface area contributed by atoms with Gasteiger partial charge in [0.25, 0.3) is 16.7 Å². The number of nitrogens with zero attached hydrogens (tertiary/aromatic N) is 3. The van der Waals surface area contributed by atoms with E-state index < -0.39 is 0 Å². The van der Waals surface area contributed by atoms with Gasteiger partial charge in [0.2, 0.25) is 0 Å². The molecule has 0 bridgehead atoms. The topological polar surface area (TPSA) is 93.9 Å². The molecule has 0 unspecified atom stereocenters. The molecule has 5 aromatic rings. The molecule has 0 fully saturated rings. The third-order valence-electron chi connectivity index (χ3n) is 4.97. The van der Waals surface area contributed by atoms with E-state index in [1.807, 2.05) is 43.5 Å². The molecule has 0 atom stereocenters. The van der Waals surface area contributed by atoms with Crippen LogP contribution in [0, 0.1) is 20.8 Å². The van der Waals surface area contributed by atoms with Gasteiger partial charge in [-0.25, -0.2) is 4.98 Å². The fraction of sp³-hybridized carbons (Fsp3) is 0.217. The van der Waals surface area contributed by atoms with Crippen molar-refractivity contribution in [3.8, 4) is 16.2 Å². The predicted octanol–water partition coefficient (Wildman–Crippen LogP) is 5.89. The number of rotatable bonds is 7. The van der Waals surface area contributed by atoms with Crippen molar-refractivity contribution in [1.29, 1.82) is 0 Å². The number of fused-ring (bicyclic) bond motifs is 1. The molecule has 1 aromatic carbocycles. The number of ether oxygens (including phenoxy) is 1. The number of aryl methyl sites for hydroxylation is 3. The molecule has 0 aliphatic heterocycles. The lowest BCUT2D eigenvalue weighted by Crippen LogP contribution is -2.10. The Balaban J connectivity index is 1.26. The molecule has 0 aliphatic carbocycles. The molecule has 0 saturated carbocycles. The fourth-order valence-electron chi connectivity index (χ4n) is 3.31. The minimum atomic E-state index is -0.133. The number of thioether (sulfide) groups is 1. The van der Waals surface area contributed by atoms with Crippen molar-refractivity contribution in [3.05, 3.63) is 73.8 Å². The van der Waals surface area contributed by atoms with E-state index >= 15 is 0 Å². The van der Waals surface area contributed by atoms with Crippen molar-refractivity contribution in [1.82, 2.24) is 20.2 Å². The zero-order chi connectivity index (χ0) is 22.9. The Morgan fingerprint density at radius 3 is 2.85 bits per heavy atom. The number of nitrogens with one attached hydrogen (secondary N) is 1. The molecule has 7 nitrogen and oxygen atoms in total. The van der Waals surface area contributed by atoms with E-state index in [0.29, 0.717) is 28.1 Å².